The normalized spacial score (nSPS) is 17.5. The highest BCUT2D eigenvalue weighted by Crippen LogP contribution is 2.38. The monoisotopic (exact) mass is 357 g/mol. The van der Waals surface area contributed by atoms with Gasteiger partial charge in [-0.15, -0.1) is 0 Å². The standard InChI is InChI=1S/C15H11BrClF2N/c16-11-7-12(18)15-10(14(11)19)5-6-13(20-15)8-1-3-9(17)4-2-8/h1-4,7,13,20H,5-6H2. The quantitative estimate of drug-likeness (QED) is 0.666. The molecule has 20 heavy (non-hydrogen) atoms. The predicted molar refractivity (Wildman–Crippen MR) is 80.2 cm³/mol. The maximum Gasteiger partial charge on any atom is 0.147 e. The van der Waals surface area contributed by atoms with Crippen molar-refractivity contribution < 1.29 is 8.78 Å². The minimum absolute atomic E-state index is 0.0326. The third-order valence-electron chi connectivity index (χ3n) is 3.54. The SMILES string of the molecule is Fc1cc(Br)c(F)c2c1NC(c1ccc(Cl)cc1)CC2. The topological polar surface area (TPSA) is 12.0 Å². The summed E-state index contributed by atoms with van der Waals surface area (Å²) in [7, 11) is 0. The summed E-state index contributed by atoms with van der Waals surface area (Å²) in [5, 5.41) is 3.75. The van der Waals surface area contributed by atoms with Crippen molar-refractivity contribution in [2.75, 3.05) is 5.32 Å². The first-order chi connectivity index (χ1) is 9.56. The molecular weight excluding hydrogens is 348 g/mol. The van der Waals surface area contributed by atoms with Crippen molar-refractivity contribution in [2.45, 2.75) is 18.9 Å². The maximum atomic E-state index is 14.0. The first-order valence-corrected chi connectivity index (χ1v) is 7.41. The summed E-state index contributed by atoms with van der Waals surface area (Å²) in [6.45, 7) is 0. The van der Waals surface area contributed by atoms with Crippen LogP contribution in [0.25, 0.3) is 0 Å². The van der Waals surface area contributed by atoms with Gasteiger partial charge in [-0.1, -0.05) is 23.7 Å². The van der Waals surface area contributed by atoms with Crippen LogP contribution in [0.5, 0.6) is 0 Å². The van der Waals surface area contributed by atoms with E-state index in [2.05, 4.69) is 21.2 Å². The van der Waals surface area contributed by atoms with Crippen LogP contribution in [0.1, 0.15) is 23.6 Å². The van der Waals surface area contributed by atoms with Crippen LogP contribution in [0.15, 0.2) is 34.8 Å². The van der Waals surface area contributed by atoms with Crippen molar-refractivity contribution in [3.63, 3.8) is 0 Å². The molecule has 104 valence electrons. The Labute approximate surface area is 129 Å². The van der Waals surface area contributed by atoms with Crippen molar-refractivity contribution in [3.05, 3.63) is 62.6 Å². The van der Waals surface area contributed by atoms with Gasteiger partial charge in [0.2, 0.25) is 0 Å². The van der Waals surface area contributed by atoms with Gasteiger partial charge in [-0.25, -0.2) is 8.78 Å². The highest BCUT2D eigenvalue weighted by Gasteiger charge is 2.25. The predicted octanol–water partition coefficient (Wildman–Crippen LogP) is 5.48. The zero-order chi connectivity index (χ0) is 14.3. The molecule has 3 rings (SSSR count). The minimum atomic E-state index is -0.438. The van der Waals surface area contributed by atoms with Gasteiger partial charge >= 0.3 is 0 Å². The molecule has 2 aromatic rings. The third kappa shape index (κ3) is 2.42. The van der Waals surface area contributed by atoms with Crippen LogP contribution in [0.2, 0.25) is 5.02 Å². The van der Waals surface area contributed by atoms with Crippen LogP contribution >= 0.6 is 27.5 Å². The second-order valence-electron chi connectivity index (χ2n) is 4.79. The highest BCUT2D eigenvalue weighted by molar-refractivity contribution is 9.10. The van der Waals surface area contributed by atoms with E-state index in [1.807, 2.05) is 12.1 Å². The molecule has 0 aliphatic carbocycles. The molecule has 1 aliphatic heterocycles. The molecular formula is C15H11BrClF2N. The molecule has 1 heterocycles. The number of benzene rings is 2. The van der Waals surface area contributed by atoms with Gasteiger partial charge in [-0.3, -0.25) is 0 Å². The van der Waals surface area contributed by atoms with E-state index in [1.54, 1.807) is 12.1 Å². The van der Waals surface area contributed by atoms with Gasteiger partial charge in [0, 0.05) is 10.6 Å². The Hall–Kier alpha value is -1.13. The van der Waals surface area contributed by atoms with E-state index >= 15 is 0 Å². The zero-order valence-corrected chi connectivity index (χ0v) is 12.7. The van der Waals surface area contributed by atoms with Crippen molar-refractivity contribution >= 4 is 33.2 Å². The Kier molecular flexibility index (Phi) is 3.69. The molecule has 2 aromatic carbocycles. The number of nitrogens with one attached hydrogen (secondary N) is 1. The van der Waals surface area contributed by atoms with Gasteiger partial charge in [0.25, 0.3) is 0 Å². The average Bonchev–Trinajstić information content (AvgIpc) is 2.45. The van der Waals surface area contributed by atoms with E-state index in [0.717, 1.165) is 11.6 Å². The number of hydrogen-bond donors (Lipinski definition) is 1. The molecule has 0 saturated carbocycles. The molecule has 0 fully saturated rings. The molecule has 1 atom stereocenters. The second-order valence-corrected chi connectivity index (χ2v) is 6.09. The lowest BCUT2D eigenvalue weighted by Crippen LogP contribution is -2.20. The second kappa shape index (κ2) is 5.34. The molecule has 5 heteroatoms. The number of rotatable bonds is 1. The summed E-state index contributed by atoms with van der Waals surface area (Å²) in [5.41, 5.74) is 1.68. The molecule has 1 nitrogen and oxygen atoms in total. The van der Waals surface area contributed by atoms with Gasteiger partial charge in [-0.2, -0.15) is 0 Å². The number of fused-ring (bicyclic) bond motifs is 1. The van der Waals surface area contributed by atoms with Crippen LogP contribution in [-0.4, -0.2) is 0 Å². The summed E-state index contributed by atoms with van der Waals surface area (Å²) in [5.74, 6) is -0.824. The largest absolute Gasteiger partial charge is 0.376 e. The summed E-state index contributed by atoms with van der Waals surface area (Å²) < 4.78 is 28.1. The molecule has 0 saturated heterocycles. The van der Waals surface area contributed by atoms with Crippen LogP contribution in [0.4, 0.5) is 14.5 Å². The van der Waals surface area contributed by atoms with E-state index in [-0.39, 0.29) is 22.0 Å². The van der Waals surface area contributed by atoms with Gasteiger partial charge < -0.3 is 5.32 Å². The Morgan fingerprint density at radius 1 is 1.20 bits per heavy atom. The fraction of sp³-hybridized carbons (Fsp3) is 0.200. The van der Waals surface area contributed by atoms with Crippen molar-refractivity contribution in [1.82, 2.24) is 0 Å². The fourth-order valence-corrected chi connectivity index (χ4v) is 3.08. The highest BCUT2D eigenvalue weighted by atomic mass is 79.9. The van der Waals surface area contributed by atoms with E-state index in [9.17, 15) is 8.78 Å². The molecule has 0 radical (unpaired) electrons. The van der Waals surface area contributed by atoms with E-state index < -0.39 is 5.82 Å². The Morgan fingerprint density at radius 3 is 2.60 bits per heavy atom. The zero-order valence-electron chi connectivity index (χ0n) is 10.4. The maximum absolute atomic E-state index is 14.0. The molecule has 0 bridgehead atoms. The number of halogens is 4. The van der Waals surface area contributed by atoms with Gasteiger partial charge in [-0.05, 0) is 52.5 Å². The first kappa shape index (κ1) is 13.8. The van der Waals surface area contributed by atoms with Gasteiger partial charge in [0.05, 0.1) is 16.2 Å². The number of hydrogen-bond acceptors (Lipinski definition) is 1. The molecule has 1 unspecified atom stereocenters. The Morgan fingerprint density at radius 2 is 1.90 bits per heavy atom. The lowest BCUT2D eigenvalue weighted by atomic mass is 9.93. The first-order valence-electron chi connectivity index (χ1n) is 6.24. The van der Waals surface area contributed by atoms with Crippen LogP contribution in [-0.2, 0) is 6.42 Å². The van der Waals surface area contributed by atoms with Crippen LogP contribution < -0.4 is 5.32 Å². The van der Waals surface area contributed by atoms with Gasteiger partial charge in [0.1, 0.15) is 11.6 Å². The Bertz CT molecular complexity index is 658. The van der Waals surface area contributed by atoms with Crippen molar-refractivity contribution in [2.24, 2.45) is 0 Å². The van der Waals surface area contributed by atoms with E-state index in [0.29, 0.717) is 23.4 Å². The van der Waals surface area contributed by atoms with E-state index in [1.165, 1.54) is 0 Å². The fourth-order valence-electron chi connectivity index (χ4n) is 2.52. The minimum Gasteiger partial charge on any atom is -0.376 e. The molecule has 0 spiro atoms. The van der Waals surface area contributed by atoms with Gasteiger partial charge in [0.15, 0.2) is 0 Å². The summed E-state index contributed by atoms with van der Waals surface area (Å²) >= 11 is 8.90. The van der Waals surface area contributed by atoms with Crippen molar-refractivity contribution in [1.29, 1.82) is 0 Å². The molecule has 1 aliphatic rings. The lowest BCUT2D eigenvalue weighted by Gasteiger charge is -2.28. The molecule has 0 amide bonds. The molecule has 1 N–H and O–H groups in total. The third-order valence-corrected chi connectivity index (χ3v) is 4.37. The van der Waals surface area contributed by atoms with Crippen LogP contribution in [0, 0.1) is 11.6 Å². The number of anilines is 1. The Balaban J connectivity index is 1.96. The van der Waals surface area contributed by atoms with Crippen molar-refractivity contribution in [3.8, 4) is 0 Å². The molecule has 0 aromatic heterocycles. The lowest BCUT2D eigenvalue weighted by molar-refractivity contribution is 0.552. The smallest absolute Gasteiger partial charge is 0.147 e. The average molecular weight is 359 g/mol. The van der Waals surface area contributed by atoms with E-state index in [4.69, 9.17) is 11.6 Å². The summed E-state index contributed by atoms with van der Waals surface area (Å²) in [6.07, 6.45) is 1.21. The summed E-state index contributed by atoms with van der Waals surface area (Å²) in [4.78, 5) is 0. The summed E-state index contributed by atoms with van der Waals surface area (Å²) in [6, 6.07) is 8.52. The van der Waals surface area contributed by atoms with Crippen LogP contribution in [0.3, 0.4) is 0 Å².